The number of pyridine rings is 1. The number of hydrogen-bond donors (Lipinski definition) is 0. The fraction of sp³-hybridized carbons (Fsp3) is 0.455. The number of hydrogen-bond acceptors (Lipinski definition) is 5. The molecule has 3 aromatic heterocycles. The van der Waals surface area contributed by atoms with Crippen LogP contribution in [0.2, 0.25) is 0 Å². The number of rotatable bonds is 6. The van der Waals surface area contributed by atoms with E-state index in [1.165, 1.54) is 19.9 Å². The molecule has 0 bridgehead atoms. The Balaban J connectivity index is 1.65. The van der Waals surface area contributed by atoms with Crippen molar-refractivity contribution < 1.29 is 13.2 Å². The minimum atomic E-state index is -3.50. The van der Waals surface area contributed by atoms with Crippen molar-refractivity contribution in [2.24, 2.45) is 0 Å². The molecule has 4 heterocycles. The van der Waals surface area contributed by atoms with E-state index >= 15 is 0 Å². The van der Waals surface area contributed by atoms with Gasteiger partial charge in [0, 0.05) is 62.7 Å². The molecule has 1 amide bonds. The van der Waals surface area contributed by atoms with E-state index in [4.69, 9.17) is 0 Å². The molecule has 10 heteroatoms. The lowest BCUT2D eigenvalue weighted by Gasteiger charge is -2.36. The molecule has 0 spiro atoms. The average Bonchev–Trinajstić information content (AvgIpc) is 3.41. The van der Waals surface area contributed by atoms with E-state index in [0.29, 0.717) is 44.1 Å². The van der Waals surface area contributed by atoms with Crippen LogP contribution in [0.1, 0.15) is 34.8 Å². The summed E-state index contributed by atoms with van der Waals surface area (Å²) >= 11 is 1.41. The zero-order valence-electron chi connectivity index (χ0n) is 18.9. The second kappa shape index (κ2) is 8.93. The number of amides is 1. The first-order valence-corrected chi connectivity index (χ1v) is 13.1. The van der Waals surface area contributed by atoms with Crippen molar-refractivity contribution in [1.82, 2.24) is 23.1 Å². The quantitative estimate of drug-likeness (QED) is 0.549. The standard InChI is InChI=1S/C22H29N5O3S2/c1-5-26(6-2)32(29,30)27-13-11-25(12-14-27)22(28)20-19(24-9-7-8-10-24)18-16(3)15-17(4)23-21(18)31-20/h7-10,15H,5-6,11-14H2,1-4H3. The van der Waals surface area contributed by atoms with Gasteiger partial charge in [-0.15, -0.1) is 11.3 Å². The zero-order chi connectivity index (χ0) is 23.0. The van der Waals surface area contributed by atoms with Gasteiger partial charge in [0.05, 0.1) is 5.69 Å². The Morgan fingerprint density at radius 2 is 1.72 bits per heavy atom. The van der Waals surface area contributed by atoms with Crippen molar-refractivity contribution in [1.29, 1.82) is 0 Å². The van der Waals surface area contributed by atoms with Gasteiger partial charge in [0.15, 0.2) is 0 Å². The van der Waals surface area contributed by atoms with Crippen LogP contribution in [-0.2, 0) is 10.2 Å². The molecule has 1 aliphatic heterocycles. The van der Waals surface area contributed by atoms with E-state index in [2.05, 4.69) is 4.98 Å². The maximum Gasteiger partial charge on any atom is 0.282 e. The molecule has 8 nitrogen and oxygen atoms in total. The molecule has 0 radical (unpaired) electrons. The van der Waals surface area contributed by atoms with E-state index < -0.39 is 10.2 Å². The van der Waals surface area contributed by atoms with Gasteiger partial charge in [-0.1, -0.05) is 13.8 Å². The van der Waals surface area contributed by atoms with E-state index in [-0.39, 0.29) is 5.91 Å². The van der Waals surface area contributed by atoms with Gasteiger partial charge in [-0.2, -0.15) is 17.0 Å². The summed E-state index contributed by atoms with van der Waals surface area (Å²) in [6.45, 7) is 9.87. The maximum absolute atomic E-state index is 13.6. The van der Waals surface area contributed by atoms with Crippen LogP contribution in [0.5, 0.6) is 0 Å². The van der Waals surface area contributed by atoms with Gasteiger partial charge in [-0.05, 0) is 37.6 Å². The molecule has 0 atom stereocenters. The van der Waals surface area contributed by atoms with E-state index in [9.17, 15) is 13.2 Å². The number of nitrogens with zero attached hydrogens (tertiary/aromatic N) is 5. The highest BCUT2D eigenvalue weighted by atomic mass is 32.2. The lowest BCUT2D eigenvalue weighted by Crippen LogP contribution is -2.54. The number of carbonyl (C=O) groups is 1. The summed E-state index contributed by atoms with van der Waals surface area (Å²) in [4.78, 5) is 21.5. The number of thiophene rings is 1. The fourth-order valence-corrected chi connectivity index (χ4v) is 7.14. The topological polar surface area (TPSA) is 78.8 Å². The summed E-state index contributed by atoms with van der Waals surface area (Å²) in [6.07, 6.45) is 3.87. The number of aryl methyl sites for hydroxylation is 2. The SMILES string of the molecule is CCN(CC)S(=O)(=O)N1CCN(C(=O)c2sc3nc(C)cc(C)c3c2-n2cccc2)CC1. The van der Waals surface area contributed by atoms with Gasteiger partial charge in [0.1, 0.15) is 9.71 Å². The monoisotopic (exact) mass is 475 g/mol. The molecular weight excluding hydrogens is 446 g/mol. The minimum Gasteiger partial charge on any atom is -0.335 e. The average molecular weight is 476 g/mol. The van der Waals surface area contributed by atoms with Gasteiger partial charge >= 0.3 is 0 Å². The van der Waals surface area contributed by atoms with Gasteiger partial charge in [0.25, 0.3) is 16.1 Å². The molecule has 0 aliphatic carbocycles. The molecule has 1 saturated heterocycles. The first-order chi connectivity index (χ1) is 15.3. The van der Waals surface area contributed by atoms with Crippen molar-refractivity contribution in [2.45, 2.75) is 27.7 Å². The molecular formula is C22H29N5O3S2. The molecule has 0 aromatic carbocycles. The first-order valence-electron chi connectivity index (χ1n) is 10.9. The van der Waals surface area contributed by atoms with E-state index in [1.54, 1.807) is 4.90 Å². The van der Waals surface area contributed by atoms with Crippen molar-refractivity contribution in [3.63, 3.8) is 0 Å². The van der Waals surface area contributed by atoms with Gasteiger partial charge in [0.2, 0.25) is 0 Å². The third-order valence-electron chi connectivity index (χ3n) is 5.90. The van der Waals surface area contributed by atoms with Crippen LogP contribution < -0.4 is 0 Å². The molecule has 172 valence electrons. The summed E-state index contributed by atoms with van der Waals surface area (Å²) < 4.78 is 30.6. The molecule has 1 fully saturated rings. The fourth-order valence-electron chi connectivity index (χ4n) is 4.28. The molecule has 1 aliphatic rings. The van der Waals surface area contributed by atoms with Crippen molar-refractivity contribution in [2.75, 3.05) is 39.3 Å². The van der Waals surface area contributed by atoms with Gasteiger partial charge in [-0.3, -0.25) is 4.79 Å². The second-order valence-electron chi connectivity index (χ2n) is 7.91. The maximum atomic E-state index is 13.6. The highest BCUT2D eigenvalue weighted by molar-refractivity contribution is 7.86. The largest absolute Gasteiger partial charge is 0.335 e. The second-order valence-corrected chi connectivity index (χ2v) is 10.8. The van der Waals surface area contributed by atoms with Crippen molar-refractivity contribution in [3.05, 3.63) is 46.7 Å². The Morgan fingerprint density at radius 1 is 1.09 bits per heavy atom. The van der Waals surface area contributed by atoms with E-state index in [1.807, 2.05) is 62.9 Å². The third-order valence-corrected chi connectivity index (χ3v) is 9.15. The Morgan fingerprint density at radius 3 is 2.31 bits per heavy atom. The van der Waals surface area contributed by atoms with Crippen LogP contribution in [0.4, 0.5) is 0 Å². The normalized spacial score (nSPS) is 15.7. The smallest absolute Gasteiger partial charge is 0.282 e. The lowest BCUT2D eigenvalue weighted by atomic mass is 10.1. The predicted molar refractivity (Wildman–Crippen MR) is 128 cm³/mol. The first kappa shape index (κ1) is 22.9. The summed E-state index contributed by atoms with van der Waals surface area (Å²) in [5, 5.41) is 0.989. The highest BCUT2D eigenvalue weighted by Gasteiger charge is 2.34. The molecule has 0 saturated carbocycles. The number of aromatic nitrogens is 2. The number of piperazine rings is 1. The van der Waals surface area contributed by atoms with Crippen LogP contribution >= 0.6 is 11.3 Å². The van der Waals surface area contributed by atoms with Gasteiger partial charge in [-0.25, -0.2) is 4.98 Å². The lowest BCUT2D eigenvalue weighted by molar-refractivity contribution is 0.0699. The van der Waals surface area contributed by atoms with Crippen LogP contribution in [0.25, 0.3) is 15.9 Å². The summed E-state index contributed by atoms with van der Waals surface area (Å²) in [7, 11) is -3.50. The summed E-state index contributed by atoms with van der Waals surface area (Å²) in [5.41, 5.74) is 2.86. The Kier molecular flexibility index (Phi) is 6.39. The molecule has 32 heavy (non-hydrogen) atoms. The van der Waals surface area contributed by atoms with Crippen LogP contribution in [0.3, 0.4) is 0 Å². The van der Waals surface area contributed by atoms with Crippen molar-refractivity contribution in [3.8, 4) is 5.69 Å². The van der Waals surface area contributed by atoms with Gasteiger partial charge < -0.3 is 9.47 Å². The molecule has 4 rings (SSSR count). The molecule has 0 unspecified atom stereocenters. The van der Waals surface area contributed by atoms with Crippen molar-refractivity contribution >= 4 is 37.7 Å². The third kappa shape index (κ3) is 3.96. The van der Waals surface area contributed by atoms with E-state index in [0.717, 1.165) is 27.2 Å². The van der Waals surface area contributed by atoms with Crippen LogP contribution in [-0.4, -0.2) is 76.7 Å². The summed E-state index contributed by atoms with van der Waals surface area (Å²) in [6, 6.07) is 5.91. The number of carbonyl (C=O) groups excluding carboxylic acids is 1. The minimum absolute atomic E-state index is 0.0753. The zero-order valence-corrected chi connectivity index (χ0v) is 20.5. The number of fused-ring (bicyclic) bond motifs is 1. The molecule has 3 aromatic rings. The van der Waals surface area contributed by atoms with Crippen LogP contribution in [0.15, 0.2) is 30.6 Å². The Hall–Kier alpha value is -2.27. The predicted octanol–water partition coefficient (Wildman–Crippen LogP) is 3.05. The van der Waals surface area contributed by atoms with Crippen LogP contribution in [0, 0.1) is 13.8 Å². The molecule has 0 N–H and O–H groups in total. The Labute approximate surface area is 193 Å². The Bertz CT molecular complexity index is 1220. The summed E-state index contributed by atoms with van der Waals surface area (Å²) in [5.74, 6) is -0.0753. The highest BCUT2D eigenvalue weighted by Crippen LogP contribution is 2.36.